The first-order valence-electron chi connectivity index (χ1n) is 6.80. The van der Waals surface area contributed by atoms with Crippen LogP contribution < -0.4 is 0 Å². The maximum atomic E-state index is 12.5. The number of carbonyl (C=O) groups excluding carboxylic acids is 1. The van der Waals surface area contributed by atoms with Crippen LogP contribution in [0.3, 0.4) is 0 Å². The van der Waals surface area contributed by atoms with E-state index in [4.69, 9.17) is 0 Å². The molecule has 7 heteroatoms. The minimum atomic E-state index is -0.491. The predicted octanol–water partition coefficient (Wildman–Crippen LogP) is 2.52. The Balaban J connectivity index is 2.19. The quantitative estimate of drug-likeness (QED) is 0.617. The molecule has 0 radical (unpaired) electrons. The molecule has 21 heavy (non-hydrogen) atoms. The Hall–Kier alpha value is -1.47. The first-order chi connectivity index (χ1) is 9.90. The van der Waals surface area contributed by atoms with Gasteiger partial charge in [-0.1, -0.05) is 0 Å². The lowest BCUT2D eigenvalue weighted by molar-refractivity contribution is -0.385. The normalized spacial score (nSPS) is 19.3. The highest BCUT2D eigenvalue weighted by atomic mass is 79.9. The number of benzene rings is 1. The molecule has 1 unspecified atom stereocenters. The predicted molar refractivity (Wildman–Crippen MR) is 83.4 cm³/mol. The van der Waals surface area contributed by atoms with Crippen molar-refractivity contribution in [2.75, 3.05) is 27.2 Å². The lowest BCUT2D eigenvalue weighted by atomic mass is 10.0. The topological polar surface area (TPSA) is 66.7 Å². The smallest absolute Gasteiger partial charge is 0.284 e. The third kappa shape index (κ3) is 3.59. The van der Waals surface area contributed by atoms with Crippen LogP contribution in [0.5, 0.6) is 0 Å². The lowest BCUT2D eigenvalue weighted by Crippen LogP contribution is -2.47. The van der Waals surface area contributed by atoms with E-state index in [-0.39, 0.29) is 17.6 Å². The number of hydrogen-bond acceptors (Lipinski definition) is 4. The molecule has 1 aliphatic rings. The molecule has 0 N–H and O–H groups in total. The first kappa shape index (κ1) is 15.9. The van der Waals surface area contributed by atoms with E-state index < -0.39 is 4.92 Å². The third-order valence-corrected chi connectivity index (χ3v) is 4.53. The molecule has 1 aromatic rings. The third-order valence-electron chi connectivity index (χ3n) is 3.86. The molecule has 1 heterocycles. The van der Waals surface area contributed by atoms with E-state index in [0.717, 1.165) is 25.9 Å². The van der Waals surface area contributed by atoms with Crippen LogP contribution in [0.2, 0.25) is 0 Å². The molecule has 1 atom stereocenters. The average Bonchev–Trinajstić information content (AvgIpc) is 2.46. The van der Waals surface area contributed by atoms with Crippen molar-refractivity contribution >= 4 is 27.5 Å². The summed E-state index contributed by atoms with van der Waals surface area (Å²) in [6.45, 7) is 1.88. The van der Waals surface area contributed by atoms with Crippen molar-refractivity contribution < 1.29 is 9.72 Å². The van der Waals surface area contributed by atoms with Gasteiger partial charge in [0.2, 0.25) is 0 Å². The van der Waals surface area contributed by atoms with Crippen LogP contribution in [0.4, 0.5) is 5.69 Å². The van der Waals surface area contributed by atoms with Gasteiger partial charge < -0.3 is 9.80 Å². The van der Waals surface area contributed by atoms with Crippen molar-refractivity contribution in [3.05, 3.63) is 38.3 Å². The molecule has 1 saturated heterocycles. The van der Waals surface area contributed by atoms with Crippen molar-refractivity contribution in [3.8, 4) is 0 Å². The second kappa shape index (κ2) is 6.53. The Kier molecular flexibility index (Phi) is 4.95. The summed E-state index contributed by atoms with van der Waals surface area (Å²) in [6, 6.07) is 4.64. The SMILES string of the molecule is CN1CCCC(N(C)C(=O)c2ccc(Br)c([N+](=O)[O-])c2)C1. The minimum Gasteiger partial charge on any atom is -0.337 e. The molecule has 6 nitrogen and oxygen atoms in total. The van der Waals surface area contributed by atoms with Gasteiger partial charge in [-0.2, -0.15) is 0 Å². The highest BCUT2D eigenvalue weighted by Crippen LogP contribution is 2.26. The fraction of sp³-hybridized carbons (Fsp3) is 0.500. The molecule has 0 aliphatic carbocycles. The molecule has 1 aliphatic heterocycles. The summed E-state index contributed by atoms with van der Waals surface area (Å²) in [4.78, 5) is 26.9. The number of nitro benzene ring substituents is 1. The maximum Gasteiger partial charge on any atom is 0.284 e. The zero-order valence-corrected chi connectivity index (χ0v) is 13.7. The maximum absolute atomic E-state index is 12.5. The standard InChI is InChI=1S/C14H18BrN3O3/c1-16-7-3-4-11(9-16)17(2)14(19)10-5-6-12(15)13(8-10)18(20)21/h5-6,8,11H,3-4,7,9H2,1-2H3. The van der Waals surface area contributed by atoms with Gasteiger partial charge >= 0.3 is 0 Å². The summed E-state index contributed by atoms with van der Waals surface area (Å²) in [5, 5.41) is 11.0. The van der Waals surface area contributed by atoms with Crippen LogP contribution in [-0.2, 0) is 0 Å². The van der Waals surface area contributed by atoms with Gasteiger partial charge in [-0.05, 0) is 54.5 Å². The minimum absolute atomic E-state index is 0.0880. The number of nitrogens with zero attached hydrogens (tertiary/aromatic N) is 3. The summed E-state index contributed by atoms with van der Waals surface area (Å²) in [7, 11) is 3.80. The molecule has 0 spiro atoms. The molecular weight excluding hydrogens is 338 g/mol. The van der Waals surface area contributed by atoms with Gasteiger partial charge in [0, 0.05) is 31.3 Å². The summed E-state index contributed by atoms with van der Waals surface area (Å²) in [6.07, 6.45) is 2.02. The average molecular weight is 356 g/mol. The highest BCUT2D eigenvalue weighted by molar-refractivity contribution is 9.10. The van der Waals surface area contributed by atoms with E-state index in [1.165, 1.54) is 6.07 Å². The molecule has 0 aromatic heterocycles. The van der Waals surface area contributed by atoms with Crippen LogP contribution in [0.1, 0.15) is 23.2 Å². The van der Waals surface area contributed by atoms with Gasteiger partial charge in [0.05, 0.1) is 9.40 Å². The number of likely N-dealkylation sites (tertiary alicyclic amines) is 1. The fourth-order valence-electron chi connectivity index (χ4n) is 2.61. The van der Waals surface area contributed by atoms with E-state index in [2.05, 4.69) is 20.8 Å². The zero-order valence-electron chi connectivity index (χ0n) is 12.1. The molecule has 0 saturated carbocycles. The Labute approximate surface area is 132 Å². The van der Waals surface area contributed by atoms with Gasteiger partial charge in [-0.3, -0.25) is 14.9 Å². The molecule has 114 valence electrons. The van der Waals surface area contributed by atoms with E-state index in [0.29, 0.717) is 10.0 Å². The van der Waals surface area contributed by atoms with Gasteiger partial charge in [0.25, 0.3) is 11.6 Å². The highest BCUT2D eigenvalue weighted by Gasteiger charge is 2.26. The summed E-state index contributed by atoms with van der Waals surface area (Å²) < 4.78 is 0.379. The molecular formula is C14H18BrN3O3. The summed E-state index contributed by atoms with van der Waals surface area (Å²) in [5.41, 5.74) is 0.260. The van der Waals surface area contributed by atoms with E-state index >= 15 is 0 Å². The van der Waals surface area contributed by atoms with Gasteiger partial charge in [-0.25, -0.2) is 0 Å². The van der Waals surface area contributed by atoms with E-state index in [1.54, 1.807) is 24.1 Å². The number of rotatable bonds is 3. The Morgan fingerprint density at radius 3 is 2.86 bits per heavy atom. The number of halogens is 1. The molecule has 1 amide bonds. The van der Waals surface area contributed by atoms with Crippen LogP contribution in [0.15, 0.2) is 22.7 Å². The van der Waals surface area contributed by atoms with Crippen molar-refractivity contribution in [2.45, 2.75) is 18.9 Å². The number of nitro groups is 1. The number of carbonyl (C=O) groups is 1. The van der Waals surface area contributed by atoms with Crippen LogP contribution in [0.25, 0.3) is 0 Å². The Morgan fingerprint density at radius 1 is 1.52 bits per heavy atom. The van der Waals surface area contributed by atoms with Crippen molar-refractivity contribution in [1.29, 1.82) is 0 Å². The lowest BCUT2D eigenvalue weighted by Gasteiger charge is -2.35. The van der Waals surface area contributed by atoms with Crippen molar-refractivity contribution in [3.63, 3.8) is 0 Å². The van der Waals surface area contributed by atoms with Crippen molar-refractivity contribution in [2.24, 2.45) is 0 Å². The van der Waals surface area contributed by atoms with Crippen molar-refractivity contribution in [1.82, 2.24) is 9.80 Å². The largest absolute Gasteiger partial charge is 0.337 e. The Morgan fingerprint density at radius 2 is 2.24 bits per heavy atom. The molecule has 2 rings (SSSR count). The van der Waals surface area contributed by atoms with Crippen LogP contribution in [-0.4, -0.2) is 53.9 Å². The zero-order chi connectivity index (χ0) is 15.6. The van der Waals surface area contributed by atoms with Crippen LogP contribution in [0, 0.1) is 10.1 Å². The van der Waals surface area contributed by atoms with Gasteiger partial charge in [0.1, 0.15) is 0 Å². The van der Waals surface area contributed by atoms with Gasteiger partial charge in [0.15, 0.2) is 0 Å². The molecule has 1 aromatic carbocycles. The number of likely N-dealkylation sites (N-methyl/N-ethyl adjacent to an activating group) is 2. The van der Waals surface area contributed by atoms with E-state index in [9.17, 15) is 14.9 Å². The molecule has 0 bridgehead atoms. The second-order valence-electron chi connectivity index (χ2n) is 5.40. The summed E-state index contributed by atoms with van der Waals surface area (Å²) >= 11 is 3.13. The number of amides is 1. The Bertz CT molecular complexity index is 564. The second-order valence-corrected chi connectivity index (χ2v) is 6.25. The number of piperidine rings is 1. The van der Waals surface area contributed by atoms with Gasteiger partial charge in [-0.15, -0.1) is 0 Å². The summed E-state index contributed by atoms with van der Waals surface area (Å²) in [5.74, 6) is -0.175. The van der Waals surface area contributed by atoms with E-state index in [1.807, 2.05) is 7.05 Å². The van der Waals surface area contributed by atoms with Crippen LogP contribution >= 0.6 is 15.9 Å². The first-order valence-corrected chi connectivity index (χ1v) is 7.59. The molecule has 1 fully saturated rings. The fourth-order valence-corrected chi connectivity index (χ4v) is 3.00. The number of hydrogen-bond donors (Lipinski definition) is 0. The monoisotopic (exact) mass is 355 g/mol.